The summed E-state index contributed by atoms with van der Waals surface area (Å²) in [5.74, 6) is 10.8. The van der Waals surface area contributed by atoms with Gasteiger partial charge in [-0.15, -0.1) is 0 Å². The van der Waals surface area contributed by atoms with Crippen LogP contribution in [0, 0.1) is 71.0 Å². The van der Waals surface area contributed by atoms with Crippen LogP contribution in [0.5, 0.6) is 0 Å². The minimum absolute atomic E-state index is 0.229. The van der Waals surface area contributed by atoms with Gasteiger partial charge in [-0.1, -0.05) is 136 Å². The summed E-state index contributed by atoms with van der Waals surface area (Å²) in [7, 11) is 0. The molecule has 0 bridgehead atoms. The van der Waals surface area contributed by atoms with Gasteiger partial charge in [0.25, 0.3) is 0 Å². The van der Waals surface area contributed by atoms with Crippen LogP contribution >= 0.6 is 0 Å². The van der Waals surface area contributed by atoms with Gasteiger partial charge >= 0.3 is 0 Å². The molecule has 2 amide bonds. The second kappa shape index (κ2) is 31.5. The molecule has 6 fully saturated rings. The number of hydrogen-bond donors (Lipinski definition) is 0. The number of carbonyl (C=O) groups excluding carboxylic acids is 3. The van der Waals surface area contributed by atoms with E-state index in [0.717, 1.165) is 85.9 Å². The number of nitrogens with zero attached hydrogens (tertiary/aromatic N) is 4. The van der Waals surface area contributed by atoms with Crippen LogP contribution in [0.15, 0.2) is 0 Å². The van der Waals surface area contributed by atoms with Crippen LogP contribution in [-0.2, 0) is 14.4 Å². The topological polar surface area (TPSA) is 64.2 Å². The zero-order valence-corrected chi connectivity index (χ0v) is 45.4. The third-order valence-corrected chi connectivity index (χ3v) is 17.2. The fraction of sp³-hybridized carbons (Fsp3) is 0.946. The minimum atomic E-state index is 0.229. The summed E-state index contributed by atoms with van der Waals surface area (Å²) in [5.41, 5.74) is 0. The van der Waals surface area contributed by atoms with Crippen molar-refractivity contribution in [3.05, 3.63) is 0 Å². The molecule has 0 aromatic rings. The first-order chi connectivity index (χ1) is 29.8. The second-order valence-corrected chi connectivity index (χ2v) is 21.8. The quantitative estimate of drug-likeness (QED) is 0.219. The molecule has 63 heavy (non-hydrogen) atoms. The lowest BCUT2D eigenvalue weighted by Crippen LogP contribution is -2.35. The number of amides is 2. The van der Waals surface area contributed by atoms with Gasteiger partial charge in [0.05, 0.1) is 0 Å². The van der Waals surface area contributed by atoms with E-state index in [0.29, 0.717) is 35.5 Å². The second-order valence-electron chi connectivity index (χ2n) is 21.8. The standard InChI is InChI=1S/C10H18O.C10H20.2C9H17NO.2C9H19N/c1-4-9-5-7(2)6-10(9)8(3)11;1-4-9-6-8(3)7-10(9)5-2;1-4-9-6-10(8(3)11)5-7(9)2;1-4-9-7(2)5-6-10(9)8(3)11;1-4-9-7-10(5-2)6-8(9)3;1-4-9-8(3)6-7-10(9)5-2/h7,9-10H,4-6H2,1-3H3;8-10H,4-7H2,1-3H3;2*7,9H,4-6H2,1-3H3;2*8-9H,4-7H2,1-3H3. The molecule has 0 aromatic carbocycles. The molecule has 6 rings (SSSR count). The summed E-state index contributed by atoms with van der Waals surface area (Å²) in [4.78, 5) is 42.3. The van der Waals surface area contributed by atoms with Gasteiger partial charge in [-0.3, -0.25) is 14.4 Å². The van der Waals surface area contributed by atoms with E-state index in [1.165, 1.54) is 103 Å². The van der Waals surface area contributed by atoms with E-state index in [4.69, 9.17) is 0 Å². The molecule has 2 aliphatic carbocycles. The predicted molar refractivity (Wildman–Crippen MR) is 273 cm³/mol. The number of carbonyl (C=O) groups is 3. The van der Waals surface area contributed by atoms with E-state index in [-0.39, 0.29) is 11.8 Å². The Kier molecular flexibility index (Phi) is 29.8. The Balaban J connectivity index is 0.000000378. The Bertz CT molecular complexity index is 1220. The van der Waals surface area contributed by atoms with Crippen molar-refractivity contribution >= 4 is 17.6 Å². The van der Waals surface area contributed by atoms with Gasteiger partial charge in [-0.25, -0.2) is 0 Å². The molecule has 13 atom stereocenters. The van der Waals surface area contributed by atoms with Crippen LogP contribution < -0.4 is 0 Å². The molecule has 13 unspecified atom stereocenters. The zero-order valence-electron chi connectivity index (χ0n) is 45.4. The average molecular weight is 888 g/mol. The maximum Gasteiger partial charge on any atom is 0.219 e. The van der Waals surface area contributed by atoms with Crippen LogP contribution in [0.3, 0.4) is 0 Å². The summed E-state index contributed by atoms with van der Waals surface area (Å²) in [5, 5.41) is 0. The van der Waals surface area contributed by atoms with Gasteiger partial charge in [-0.05, 0) is 143 Å². The molecular formula is C56H110N4O3. The first-order valence-corrected chi connectivity index (χ1v) is 27.3. The summed E-state index contributed by atoms with van der Waals surface area (Å²) in [6, 6.07) is 1.39. The average Bonchev–Trinajstić information content (AvgIpc) is 4.13. The molecule has 2 saturated carbocycles. The van der Waals surface area contributed by atoms with Gasteiger partial charge in [0, 0.05) is 64.6 Å². The number of rotatable bonds is 10. The van der Waals surface area contributed by atoms with Gasteiger partial charge in [-0.2, -0.15) is 0 Å². The van der Waals surface area contributed by atoms with Crippen LogP contribution in [0.2, 0.25) is 0 Å². The zero-order chi connectivity index (χ0) is 48.0. The smallest absolute Gasteiger partial charge is 0.219 e. The van der Waals surface area contributed by atoms with E-state index in [1.807, 2.05) is 9.80 Å². The van der Waals surface area contributed by atoms with Gasteiger partial charge in [0.15, 0.2) is 0 Å². The van der Waals surface area contributed by atoms with Gasteiger partial charge < -0.3 is 19.6 Å². The Hall–Kier alpha value is -1.47. The Morgan fingerprint density at radius 1 is 0.444 bits per heavy atom. The van der Waals surface area contributed by atoms with E-state index in [9.17, 15) is 14.4 Å². The Morgan fingerprint density at radius 3 is 1.24 bits per heavy atom. The molecular weight excluding hydrogens is 777 g/mol. The third-order valence-electron chi connectivity index (χ3n) is 17.2. The Morgan fingerprint density at radius 2 is 0.905 bits per heavy atom. The normalized spacial score (nSPS) is 35.0. The van der Waals surface area contributed by atoms with Crippen molar-refractivity contribution in [3.8, 4) is 0 Å². The highest BCUT2D eigenvalue weighted by Gasteiger charge is 2.34. The van der Waals surface area contributed by atoms with Crippen molar-refractivity contribution in [1.29, 1.82) is 0 Å². The summed E-state index contributed by atoms with van der Waals surface area (Å²) in [6.07, 6.45) is 16.9. The van der Waals surface area contributed by atoms with E-state index in [2.05, 4.69) is 114 Å². The van der Waals surface area contributed by atoms with Crippen LogP contribution in [0.1, 0.15) is 208 Å². The maximum atomic E-state index is 11.2. The highest BCUT2D eigenvalue weighted by atomic mass is 16.2. The SMILES string of the molecule is CCC1C(C)CCN1C(C)=O.CCC1C(C)CCN1CC.CCC1CC(C)CC1C(C)=O.CCC1CC(C)CC1CC.CCC1CN(C(C)=O)CC1C.CCC1CN(CC)CC1C. The molecule has 7 nitrogen and oxygen atoms in total. The lowest BCUT2D eigenvalue weighted by molar-refractivity contribution is -0.130. The van der Waals surface area contributed by atoms with Crippen LogP contribution in [0.25, 0.3) is 0 Å². The first-order valence-electron chi connectivity index (χ1n) is 27.3. The number of likely N-dealkylation sites (tertiary alicyclic amines) is 4. The van der Waals surface area contributed by atoms with Crippen molar-refractivity contribution in [2.75, 3.05) is 52.4 Å². The van der Waals surface area contributed by atoms with Crippen LogP contribution in [0.4, 0.5) is 0 Å². The molecule has 7 heteroatoms. The third kappa shape index (κ3) is 19.7. The molecule has 0 radical (unpaired) electrons. The van der Waals surface area contributed by atoms with Gasteiger partial charge in [0.1, 0.15) is 5.78 Å². The van der Waals surface area contributed by atoms with Crippen molar-refractivity contribution in [2.24, 2.45) is 71.0 Å². The van der Waals surface area contributed by atoms with E-state index >= 15 is 0 Å². The number of ketones is 1. The maximum absolute atomic E-state index is 11.2. The highest BCUT2D eigenvalue weighted by Crippen LogP contribution is 2.40. The van der Waals surface area contributed by atoms with Crippen LogP contribution in [-0.4, -0.2) is 102 Å². The highest BCUT2D eigenvalue weighted by molar-refractivity contribution is 5.79. The number of hydrogen-bond acceptors (Lipinski definition) is 5. The lowest BCUT2D eigenvalue weighted by Gasteiger charge is -2.24. The van der Waals surface area contributed by atoms with Gasteiger partial charge in [0.2, 0.25) is 11.8 Å². The number of Topliss-reactive ketones (excluding diaryl/α,β-unsaturated/α-hetero) is 1. The molecule has 0 N–H and O–H groups in total. The molecule has 0 spiro atoms. The summed E-state index contributed by atoms with van der Waals surface area (Å²) in [6.45, 7) is 48.7. The predicted octanol–water partition coefficient (Wildman–Crippen LogP) is 13.4. The fourth-order valence-electron chi connectivity index (χ4n) is 12.8. The molecule has 4 heterocycles. The molecule has 4 saturated heterocycles. The molecule has 6 aliphatic rings. The van der Waals surface area contributed by atoms with Crippen molar-refractivity contribution < 1.29 is 14.4 Å². The summed E-state index contributed by atoms with van der Waals surface area (Å²) < 4.78 is 0. The monoisotopic (exact) mass is 887 g/mol. The molecule has 372 valence electrons. The van der Waals surface area contributed by atoms with Crippen molar-refractivity contribution in [3.63, 3.8) is 0 Å². The molecule has 4 aliphatic heterocycles. The largest absolute Gasteiger partial charge is 0.342 e. The Labute approximate surface area is 393 Å². The molecule has 0 aromatic heterocycles. The lowest BCUT2D eigenvalue weighted by atomic mass is 9.91. The summed E-state index contributed by atoms with van der Waals surface area (Å²) >= 11 is 0. The van der Waals surface area contributed by atoms with E-state index in [1.54, 1.807) is 20.8 Å². The van der Waals surface area contributed by atoms with Crippen molar-refractivity contribution in [1.82, 2.24) is 19.6 Å². The first kappa shape index (κ1) is 59.5. The minimum Gasteiger partial charge on any atom is -0.342 e. The fourth-order valence-corrected chi connectivity index (χ4v) is 12.8. The van der Waals surface area contributed by atoms with E-state index < -0.39 is 0 Å². The van der Waals surface area contributed by atoms with Crippen molar-refractivity contribution in [2.45, 2.75) is 220 Å².